The number of nitrogens with one attached hydrogen (secondary N) is 1. The van der Waals surface area contributed by atoms with Crippen molar-refractivity contribution in [2.45, 2.75) is 24.2 Å². The van der Waals surface area contributed by atoms with E-state index in [1.807, 2.05) is 0 Å². The maximum absolute atomic E-state index is 12.1. The Morgan fingerprint density at radius 2 is 2.21 bits per heavy atom. The van der Waals surface area contributed by atoms with Crippen molar-refractivity contribution in [1.29, 1.82) is 0 Å². The Kier molecular flexibility index (Phi) is 5.97. The van der Waals surface area contributed by atoms with Crippen LogP contribution in [-0.4, -0.2) is 41.3 Å². The van der Waals surface area contributed by atoms with E-state index in [0.29, 0.717) is 31.5 Å². The van der Waals surface area contributed by atoms with E-state index in [4.69, 9.17) is 0 Å². The van der Waals surface area contributed by atoms with Crippen LogP contribution in [0.4, 0.5) is 5.69 Å². The van der Waals surface area contributed by atoms with Gasteiger partial charge in [0, 0.05) is 37.7 Å². The summed E-state index contributed by atoms with van der Waals surface area (Å²) in [4.78, 5) is 36.0. The largest absolute Gasteiger partial charge is 0.352 e. The zero-order valence-corrected chi connectivity index (χ0v) is 14.1. The number of amides is 2. The van der Waals surface area contributed by atoms with Gasteiger partial charge in [-0.15, -0.1) is 12.6 Å². The summed E-state index contributed by atoms with van der Waals surface area (Å²) in [6, 6.07) is 4.32. The molecular weight excluding hydrogens is 330 g/mol. The molecule has 1 aliphatic heterocycles. The maximum atomic E-state index is 12.1. The monoisotopic (exact) mass is 349 g/mol. The fourth-order valence-corrected chi connectivity index (χ4v) is 2.73. The summed E-state index contributed by atoms with van der Waals surface area (Å²) in [5.74, 6) is -0.228. The number of nitro benzene ring substituents is 1. The molecule has 1 aromatic rings. The molecule has 0 spiro atoms. The first-order valence-electron chi connectivity index (χ1n) is 7.63. The number of carbonyl (C=O) groups excluding carboxylic acids is 2. The van der Waals surface area contributed by atoms with Crippen molar-refractivity contribution in [2.24, 2.45) is 0 Å². The van der Waals surface area contributed by atoms with Crippen LogP contribution < -0.4 is 5.32 Å². The molecule has 0 aromatic heterocycles. The molecule has 2 amide bonds. The van der Waals surface area contributed by atoms with E-state index < -0.39 is 4.92 Å². The highest BCUT2D eigenvalue weighted by atomic mass is 32.1. The third kappa shape index (κ3) is 4.35. The lowest BCUT2D eigenvalue weighted by atomic mass is 10.1. The first kappa shape index (κ1) is 18.0. The highest BCUT2D eigenvalue weighted by Crippen LogP contribution is 2.26. The Morgan fingerprint density at radius 1 is 1.46 bits per heavy atom. The van der Waals surface area contributed by atoms with Crippen LogP contribution in [0.25, 0.3) is 5.57 Å². The molecular formula is C16H19N3O4S. The van der Waals surface area contributed by atoms with E-state index in [-0.39, 0.29) is 28.0 Å². The van der Waals surface area contributed by atoms with Crippen molar-refractivity contribution in [2.75, 3.05) is 19.6 Å². The van der Waals surface area contributed by atoms with Crippen LogP contribution in [-0.2, 0) is 9.59 Å². The molecule has 0 radical (unpaired) electrons. The Hall–Kier alpha value is -2.35. The lowest BCUT2D eigenvalue weighted by Gasteiger charge is -2.15. The molecule has 2 rings (SSSR count). The Bertz CT molecular complexity index is 690. The molecule has 1 saturated heterocycles. The molecule has 1 N–H and O–H groups in total. The van der Waals surface area contributed by atoms with Crippen molar-refractivity contribution >= 4 is 35.7 Å². The molecule has 128 valence electrons. The minimum atomic E-state index is -0.552. The fourth-order valence-electron chi connectivity index (χ4n) is 2.51. The van der Waals surface area contributed by atoms with Crippen LogP contribution >= 0.6 is 12.6 Å². The van der Waals surface area contributed by atoms with E-state index >= 15 is 0 Å². The van der Waals surface area contributed by atoms with Crippen LogP contribution in [0.1, 0.15) is 24.8 Å². The lowest BCUT2D eigenvalue weighted by Crippen LogP contribution is -2.30. The van der Waals surface area contributed by atoms with Gasteiger partial charge < -0.3 is 10.2 Å². The normalized spacial score (nSPS) is 13.9. The molecule has 0 bridgehead atoms. The molecule has 7 nitrogen and oxygen atoms in total. The van der Waals surface area contributed by atoms with E-state index in [1.54, 1.807) is 11.0 Å². The Labute approximate surface area is 145 Å². The Balaban J connectivity index is 1.86. The molecule has 1 fully saturated rings. The molecule has 1 aromatic carbocycles. The van der Waals surface area contributed by atoms with Gasteiger partial charge in [0.25, 0.3) is 11.6 Å². The zero-order valence-electron chi connectivity index (χ0n) is 13.2. The minimum Gasteiger partial charge on any atom is -0.352 e. The number of likely N-dealkylation sites (tertiary alicyclic amines) is 1. The Morgan fingerprint density at radius 3 is 2.83 bits per heavy atom. The summed E-state index contributed by atoms with van der Waals surface area (Å²) in [5, 5.41) is 13.6. The van der Waals surface area contributed by atoms with Gasteiger partial charge in [-0.1, -0.05) is 12.6 Å². The number of nitro groups is 1. The molecule has 0 aliphatic carbocycles. The predicted molar refractivity (Wildman–Crippen MR) is 92.8 cm³/mol. The summed E-state index contributed by atoms with van der Waals surface area (Å²) in [5.41, 5.74) is 0.368. The number of hydrogen-bond donors (Lipinski definition) is 2. The summed E-state index contributed by atoms with van der Waals surface area (Å²) in [6.07, 6.45) is 2.14. The molecule has 8 heteroatoms. The van der Waals surface area contributed by atoms with Crippen molar-refractivity contribution in [3.05, 3.63) is 40.5 Å². The van der Waals surface area contributed by atoms with Crippen molar-refractivity contribution in [3.63, 3.8) is 0 Å². The zero-order chi connectivity index (χ0) is 17.7. The van der Waals surface area contributed by atoms with E-state index in [0.717, 1.165) is 13.0 Å². The van der Waals surface area contributed by atoms with Gasteiger partial charge in [-0.25, -0.2) is 0 Å². The number of carbonyl (C=O) groups is 2. The first-order chi connectivity index (χ1) is 11.4. The third-order valence-electron chi connectivity index (χ3n) is 3.86. The average Bonchev–Trinajstić information content (AvgIpc) is 2.96. The number of thiol groups is 1. The number of benzene rings is 1. The van der Waals surface area contributed by atoms with Gasteiger partial charge in [0.15, 0.2) is 0 Å². The highest BCUT2D eigenvalue weighted by Gasteiger charge is 2.19. The van der Waals surface area contributed by atoms with Gasteiger partial charge in [-0.3, -0.25) is 19.7 Å². The molecule has 1 aliphatic rings. The van der Waals surface area contributed by atoms with Crippen LogP contribution in [0.15, 0.2) is 29.7 Å². The van der Waals surface area contributed by atoms with Gasteiger partial charge in [0.05, 0.1) is 9.82 Å². The SMILES string of the molecule is C=C(C(=O)NCCCN1CCCC1=O)c1ccc(S)c([N+](=O)[O-])c1. The van der Waals surface area contributed by atoms with Crippen LogP contribution in [0.3, 0.4) is 0 Å². The van der Waals surface area contributed by atoms with E-state index in [9.17, 15) is 19.7 Å². The van der Waals surface area contributed by atoms with Gasteiger partial charge in [-0.05, 0) is 24.5 Å². The van der Waals surface area contributed by atoms with Gasteiger partial charge in [0.2, 0.25) is 5.91 Å². The number of nitrogens with zero attached hydrogens (tertiary/aromatic N) is 2. The predicted octanol–water partition coefficient (Wildman–Crippen LogP) is 2.03. The molecule has 0 atom stereocenters. The topological polar surface area (TPSA) is 92.6 Å². The van der Waals surface area contributed by atoms with Crippen molar-refractivity contribution < 1.29 is 14.5 Å². The van der Waals surface area contributed by atoms with Crippen LogP contribution in [0, 0.1) is 10.1 Å². The summed E-state index contributed by atoms with van der Waals surface area (Å²) < 4.78 is 0. The lowest BCUT2D eigenvalue weighted by molar-refractivity contribution is -0.387. The second-order valence-electron chi connectivity index (χ2n) is 5.53. The van der Waals surface area contributed by atoms with Crippen molar-refractivity contribution in [1.82, 2.24) is 10.2 Å². The van der Waals surface area contributed by atoms with Crippen LogP contribution in [0.5, 0.6) is 0 Å². The second kappa shape index (κ2) is 7.96. The smallest absolute Gasteiger partial charge is 0.283 e. The summed E-state index contributed by atoms with van der Waals surface area (Å²) >= 11 is 4.02. The van der Waals surface area contributed by atoms with E-state index in [2.05, 4.69) is 24.5 Å². The third-order valence-corrected chi connectivity index (χ3v) is 4.23. The maximum Gasteiger partial charge on any atom is 0.283 e. The van der Waals surface area contributed by atoms with Crippen molar-refractivity contribution in [3.8, 4) is 0 Å². The number of hydrogen-bond acceptors (Lipinski definition) is 5. The molecule has 0 unspecified atom stereocenters. The number of rotatable bonds is 7. The second-order valence-corrected chi connectivity index (χ2v) is 6.01. The van der Waals surface area contributed by atoms with Gasteiger partial charge in [-0.2, -0.15) is 0 Å². The molecule has 1 heterocycles. The standard InChI is InChI=1S/C16H19N3O4S/c1-11(12-5-6-14(24)13(10-12)19(22)23)16(21)17-7-3-9-18-8-2-4-15(18)20/h5-6,10,24H,1-4,7-9H2,(H,17,21). The fraction of sp³-hybridized carbons (Fsp3) is 0.375. The summed E-state index contributed by atoms with van der Waals surface area (Å²) in [7, 11) is 0. The highest BCUT2D eigenvalue weighted by molar-refractivity contribution is 7.80. The first-order valence-corrected chi connectivity index (χ1v) is 8.07. The van der Waals surface area contributed by atoms with Crippen LogP contribution in [0.2, 0.25) is 0 Å². The minimum absolute atomic E-state index is 0.156. The average molecular weight is 349 g/mol. The van der Waals surface area contributed by atoms with E-state index in [1.165, 1.54) is 12.1 Å². The molecule has 0 saturated carbocycles. The molecule has 24 heavy (non-hydrogen) atoms. The van der Waals surface area contributed by atoms with Gasteiger partial charge >= 0.3 is 0 Å². The van der Waals surface area contributed by atoms with Gasteiger partial charge in [0.1, 0.15) is 0 Å². The summed E-state index contributed by atoms with van der Waals surface area (Å²) in [6.45, 7) is 5.50. The quantitative estimate of drug-likeness (QED) is 0.259.